The maximum Gasteiger partial charge on any atom is 0.245 e. The highest BCUT2D eigenvalue weighted by Crippen LogP contribution is 2.14. The molecule has 0 bridgehead atoms. The Morgan fingerprint density at radius 1 is 0.507 bits per heavy atom. The molecule has 23 nitrogen and oxygen atoms in total. The summed E-state index contributed by atoms with van der Waals surface area (Å²) in [4.78, 5) is 114. The molecule has 1 rings (SSSR count). The van der Waals surface area contributed by atoms with Gasteiger partial charge in [-0.15, -0.1) is 0 Å². The van der Waals surface area contributed by atoms with Gasteiger partial charge in [-0.05, 0) is 50.5 Å². The van der Waals surface area contributed by atoms with Gasteiger partial charge in [-0.1, -0.05) is 128 Å². The third-order valence-electron chi connectivity index (χ3n) is 12.0. The van der Waals surface area contributed by atoms with Crippen LogP contribution in [0.4, 0.5) is 0 Å². The van der Waals surface area contributed by atoms with Crippen molar-refractivity contribution in [2.45, 2.75) is 198 Å². The summed E-state index contributed by atoms with van der Waals surface area (Å²) in [7, 11) is 0. The number of hydrogen-bond acceptors (Lipinski definition) is 11. The zero-order valence-electron chi connectivity index (χ0n) is 43.6. The van der Waals surface area contributed by atoms with E-state index in [1.807, 2.05) is 0 Å². The van der Waals surface area contributed by atoms with E-state index in [2.05, 4.69) is 48.8 Å². The normalized spacial score (nSPS) is 13.9. The summed E-state index contributed by atoms with van der Waals surface area (Å²) in [5, 5.41) is 26.4. The van der Waals surface area contributed by atoms with Crippen molar-refractivity contribution in [3.63, 3.8) is 0 Å². The first kappa shape index (κ1) is 64.5. The largest absolute Gasteiger partial charge is 0.391 e. The summed E-state index contributed by atoms with van der Waals surface area (Å²) in [6.45, 7) is 7.10. The van der Waals surface area contributed by atoms with E-state index < -0.39 is 90.1 Å². The predicted molar refractivity (Wildman–Crippen MR) is 281 cm³/mol. The van der Waals surface area contributed by atoms with E-state index in [0.29, 0.717) is 12.0 Å². The lowest BCUT2D eigenvalue weighted by Gasteiger charge is -2.29. The summed E-state index contributed by atoms with van der Waals surface area (Å²) >= 11 is 0. The minimum absolute atomic E-state index is 0.00709. The van der Waals surface area contributed by atoms with Crippen molar-refractivity contribution in [1.82, 2.24) is 31.9 Å². The fourth-order valence-corrected chi connectivity index (χ4v) is 7.84. The second-order valence-electron chi connectivity index (χ2n) is 18.9. The Labute approximate surface area is 431 Å². The van der Waals surface area contributed by atoms with E-state index in [1.54, 1.807) is 44.2 Å². The fourth-order valence-electron chi connectivity index (χ4n) is 7.84. The zero-order chi connectivity index (χ0) is 54.7. The Balaban J connectivity index is 3.27. The maximum absolute atomic E-state index is 14.3. The molecule has 7 atom stereocenters. The smallest absolute Gasteiger partial charge is 0.245 e. The van der Waals surface area contributed by atoms with Crippen LogP contribution in [0.25, 0.3) is 0 Å². The van der Waals surface area contributed by atoms with Crippen LogP contribution in [0.2, 0.25) is 0 Å². The Morgan fingerprint density at radius 3 is 1.36 bits per heavy atom. The van der Waals surface area contributed by atoms with Crippen LogP contribution in [0.1, 0.15) is 155 Å². The Morgan fingerprint density at radius 2 is 0.932 bits per heavy atom. The van der Waals surface area contributed by atoms with Crippen molar-refractivity contribution >= 4 is 59.2 Å². The van der Waals surface area contributed by atoms with Crippen LogP contribution in [0, 0.1) is 5.92 Å². The van der Waals surface area contributed by atoms with Crippen molar-refractivity contribution in [1.29, 1.82) is 0 Å². The predicted octanol–water partition coefficient (Wildman–Crippen LogP) is 0.124. The summed E-state index contributed by atoms with van der Waals surface area (Å²) in [6, 6.07) is 0.237. The standard InChI is InChI=1S/C50H88N14O9/c1-5-6-7-8-9-10-11-12-13-14-15-16-20-27-40(67)63-41(32(2)3)47(72)59-36(26-22-29-58-50(55)56)45(70)62-38(30-34-23-18-17-19-24-34)46(71)64-42(33(4)65)48(73)60-35(25-21-28-57-49(53)54)44(69)61-37(43(52)68)31-39(51)66/h17-19,23-24,32-33,35-38,41-42,65H,5-16,20-22,25-31H2,1-4H3,(H2,51,66)(H2,52,68)(H,59,72)(H,60,73)(H,61,69)(H,62,70)(H,63,67)(H,64,71)(H4,53,54,57)(H4,55,56,58)/t33-,35+,36+,37+,38+,41+,42+/m1/s1. The van der Waals surface area contributed by atoms with E-state index >= 15 is 0 Å². The number of nitrogens with two attached hydrogens (primary N) is 6. The molecular weight excluding hydrogens is 941 g/mol. The molecule has 0 spiro atoms. The van der Waals surface area contributed by atoms with Crippen LogP contribution in [0.3, 0.4) is 0 Å². The molecule has 0 aliphatic rings. The van der Waals surface area contributed by atoms with E-state index in [9.17, 15) is 43.5 Å². The van der Waals surface area contributed by atoms with Crippen LogP contribution in [-0.2, 0) is 44.8 Å². The number of carbonyl (C=O) groups excluding carboxylic acids is 8. The van der Waals surface area contributed by atoms with Crippen molar-refractivity contribution in [3.8, 4) is 0 Å². The molecule has 0 radical (unpaired) electrons. The molecule has 23 heteroatoms. The first-order valence-electron chi connectivity index (χ1n) is 25.9. The van der Waals surface area contributed by atoms with Gasteiger partial charge in [0.15, 0.2) is 11.9 Å². The summed E-state index contributed by atoms with van der Waals surface area (Å²) in [5.74, 6) is -7.41. The molecule has 0 unspecified atom stereocenters. The van der Waals surface area contributed by atoms with Crippen molar-refractivity contribution < 1.29 is 43.5 Å². The number of rotatable bonds is 40. The van der Waals surface area contributed by atoms with Gasteiger partial charge >= 0.3 is 0 Å². The first-order chi connectivity index (χ1) is 34.7. The highest BCUT2D eigenvalue weighted by Gasteiger charge is 2.35. The minimum Gasteiger partial charge on any atom is -0.391 e. The number of guanidine groups is 2. The molecule has 73 heavy (non-hydrogen) atoms. The van der Waals surface area contributed by atoms with Gasteiger partial charge in [-0.2, -0.15) is 0 Å². The number of unbranched alkanes of at least 4 members (excludes halogenated alkanes) is 12. The average molecular weight is 1030 g/mol. The molecular formula is C50H88N14O9. The number of hydrogen-bond donors (Lipinski definition) is 13. The molecule has 0 fully saturated rings. The zero-order valence-corrected chi connectivity index (χ0v) is 43.6. The fraction of sp³-hybridized carbons (Fsp3) is 0.680. The lowest BCUT2D eigenvalue weighted by atomic mass is 10.0. The summed E-state index contributed by atoms with van der Waals surface area (Å²) in [6.07, 6.45) is 13.2. The topological polar surface area (TPSA) is 410 Å². The second kappa shape index (κ2) is 37.3. The van der Waals surface area contributed by atoms with Gasteiger partial charge in [0, 0.05) is 25.9 Å². The first-order valence-corrected chi connectivity index (χ1v) is 25.9. The molecule has 1 aromatic rings. The van der Waals surface area contributed by atoms with Gasteiger partial charge in [0.25, 0.3) is 0 Å². The molecule has 0 heterocycles. The number of amides is 8. The molecule has 0 aliphatic carbocycles. The van der Waals surface area contributed by atoms with Gasteiger partial charge in [-0.3, -0.25) is 48.3 Å². The highest BCUT2D eigenvalue weighted by molar-refractivity contribution is 5.98. The SMILES string of the molecule is CCCCCCCCCCCCCCCC(=O)N[C@H](C(=O)N[C@@H](CCCN=C(N)N)C(=O)N[C@@H](Cc1ccccc1)C(=O)N[C@H](C(=O)N[C@@H](CCCN=C(N)N)C(=O)N[C@@H](CC(N)=O)C(N)=O)[C@@H](C)O)C(C)C. The van der Waals surface area contributed by atoms with E-state index in [-0.39, 0.29) is 75.4 Å². The van der Waals surface area contributed by atoms with Gasteiger partial charge in [0.2, 0.25) is 47.3 Å². The molecule has 8 amide bonds. The Bertz CT molecular complexity index is 1910. The number of nitrogens with zero attached hydrogens (tertiary/aromatic N) is 2. The monoisotopic (exact) mass is 1030 g/mol. The van der Waals surface area contributed by atoms with Crippen molar-refractivity contribution in [3.05, 3.63) is 35.9 Å². The summed E-state index contributed by atoms with van der Waals surface area (Å²) < 4.78 is 0. The number of benzene rings is 1. The number of carbonyl (C=O) groups is 8. The van der Waals surface area contributed by atoms with E-state index in [0.717, 1.165) is 19.3 Å². The Hall–Kier alpha value is -6.52. The highest BCUT2D eigenvalue weighted by atomic mass is 16.3. The lowest BCUT2D eigenvalue weighted by molar-refractivity contribution is -0.137. The number of primary amides is 2. The van der Waals surface area contributed by atoms with Gasteiger partial charge in [0.1, 0.15) is 36.3 Å². The van der Waals surface area contributed by atoms with E-state index in [4.69, 9.17) is 34.4 Å². The molecule has 1 aromatic carbocycles. The van der Waals surface area contributed by atoms with Crippen molar-refractivity contribution in [2.24, 2.45) is 50.3 Å². The average Bonchev–Trinajstić information content (AvgIpc) is 3.32. The number of nitrogens with one attached hydrogen (secondary N) is 6. The lowest BCUT2D eigenvalue weighted by Crippen LogP contribution is -2.62. The van der Waals surface area contributed by atoms with Gasteiger partial charge < -0.3 is 71.4 Å². The maximum atomic E-state index is 14.3. The summed E-state index contributed by atoms with van der Waals surface area (Å²) in [5.41, 5.74) is 33.1. The third-order valence-corrected chi connectivity index (χ3v) is 12.0. The van der Waals surface area contributed by atoms with Crippen LogP contribution >= 0.6 is 0 Å². The number of aliphatic hydroxyl groups excluding tert-OH is 1. The van der Waals surface area contributed by atoms with Crippen LogP contribution in [-0.4, -0.2) is 120 Å². The van der Waals surface area contributed by atoms with Crippen LogP contribution in [0.5, 0.6) is 0 Å². The molecule has 0 saturated carbocycles. The number of aliphatic hydroxyl groups is 1. The molecule has 0 saturated heterocycles. The van der Waals surface area contributed by atoms with Gasteiger partial charge in [0.05, 0.1) is 12.5 Å². The second-order valence-corrected chi connectivity index (χ2v) is 18.9. The Kier molecular flexibility index (Phi) is 32.9. The van der Waals surface area contributed by atoms with Crippen molar-refractivity contribution in [2.75, 3.05) is 13.1 Å². The van der Waals surface area contributed by atoms with Crippen LogP contribution in [0.15, 0.2) is 40.3 Å². The molecule has 412 valence electrons. The number of aliphatic imine (C=N–C) groups is 2. The van der Waals surface area contributed by atoms with Crippen LogP contribution < -0.4 is 66.3 Å². The third kappa shape index (κ3) is 29.6. The minimum atomic E-state index is -1.72. The van der Waals surface area contributed by atoms with E-state index in [1.165, 1.54) is 64.7 Å². The quantitative estimate of drug-likeness (QED) is 0.0236. The molecule has 0 aliphatic heterocycles. The molecule has 19 N–H and O–H groups in total. The molecule has 0 aromatic heterocycles. The van der Waals surface area contributed by atoms with Gasteiger partial charge in [-0.25, -0.2) is 0 Å².